The van der Waals surface area contributed by atoms with E-state index >= 15 is 0 Å². The number of nitrogens with one attached hydrogen (secondary N) is 1. The molecule has 1 aromatic rings. The summed E-state index contributed by atoms with van der Waals surface area (Å²) in [4.78, 5) is 6.72. The van der Waals surface area contributed by atoms with Crippen molar-refractivity contribution >= 4 is 5.82 Å². The Kier molecular flexibility index (Phi) is 2.26. The van der Waals surface area contributed by atoms with Crippen LogP contribution in [-0.4, -0.2) is 30.7 Å². The number of fused-ring (bicyclic) bond motifs is 1. The van der Waals surface area contributed by atoms with Crippen LogP contribution in [0.15, 0.2) is 18.3 Å². The summed E-state index contributed by atoms with van der Waals surface area (Å²) >= 11 is 0. The summed E-state index contributed by atoms with van der Waals surface area (Å²) in [7, 11) is 0. The number of anilines is 1. The van der Waals surface area contributed by atoms with Crippen LogP contribution in [0.25, 0.3) is 0 Å². The van der Waals surface area contributed by atoms with Crippen molar-refractivity contribution in [2.45, 2.75) is 12.5 Å². The van der Waals surface area contributed by atoms with Gasteiger partial charge >= 0.3 is 0 Å². The van der Waals surface area contributed by atoms with E-state index in [1.165, 1.54) is 6.42 Å². The highest BCUT2D eigenvalue weighted by molar-refractivity contribution is 5.47. The fourth-order valence-electron chi connectivity index (χ4n) is 2.78. The maximum Gasteiger partial charge on any atom is 0.130 e. The van der Waals surface area contributed by atoms with Crippen molar-refractivity contribution in [1.29, 1.82) is 5.26 Å². The van der Waals surface area contributed by atoms with Crippen LogP contribution in [-0.2, 0) is 0 Å². The highest BCUT2D eigenvalue weighted by atomic mass is 15.3. The van der Waals surface area contributed by atoms with Crippen molar-refractivity contribution in [1.82, 2.24) is 10.3 Å². The van der Waals surface area contributed by atoms with E-state index in [4.69, 9.17) is 5.26 Å². The van der Waals surface area contributed by atoms with Gasteiger partial charge in [-0.25, -0.2) is 4.98 Å². The molecular formula is C12H14N4. The minimum atomic E-state index is 0.571. The zero-order chi connectivity index (χ0) is 11.0. The summed E-state index contributed by atoms with van der Waals surface area (Å²) in [6, 6.07) is 6.38. The highest BCUT2D eigenvalue weighted by Crippen LogP contribution is 2.30. The first-order chi connectivity index (χ1) is 7.88. The molecule has 4 heteroatoms. The Hall–Kier alpha value is -1.60. The zero-order valence-corrected chi connectivity index (χ0v) is 9.06. The number of hydrogen-bond acceptors (Lipinski definition) is 4. The van der Waals surface area contributed by atoms with Gasteiger partial charge in [0.15, 0.2) is 0 Å². The molecule has 4 nitrogen and oxygen atoms in total. The van der Waals surface area contributed by atoms with E-state index in [0.717, 1.165) is 31.4 Å². The second-order valence-corrected chi connectivity index (χ2v) is 4.48. The smallest absolute Gasteiger partial charge is 0.130 e. The molecule has 0 bridgehead atoms. The van der Waals surface area contributed by atoms with Gasteiger partial charge in [0.1, 0.15) is 5.82 Å². The van der Waals surface area contributed by atoms with Crippen LogP contribution < -0.4 is 10.2 Å². The van der Waals surface area contributed by atoms with Crippen LogP contribution in [0.3, 0.4) is 0 Å². The summed E-state index contributed by atoms with van der Waals surface area (Å²) in [6.45, 7) is 3.24. The van der Waals surface area contributed by atoms with E-state index < -0.39 is 0 Å². The molecule has 3 rings (SSSR count). The molecule has 0 unspecified atom stereocenters. The van der Waals surface area contributed by atoms with Gasteiger partial charge in [-0.05, 0) is 24.5 Å². The lowest BCUT2D eigenvalue weighted by atomic mass is 10.1. The van der Waals surface area contributed by atoms with Crippen LogP contribution in [0.2, 0.25) is 0 Å². The molecule has 0 aliphatic carbocycles. The third kappa shape index (κ3) is 1.44. The van der Waals surface area contributed by atoms with Crippen LogP contribution in [0.1, 0.15) is 12.0 Å². The van der Waals surface area contributed by atoms with Gasteiger partial charge in [-0.15, -0.1) is 0 Å². The van der Waals surface area contributed by atoms with Crippen molar-refractivity contribution in [3.63, 3.8) is 0 Å². The molecule has 0 saturated carbocycles. The van der Waals surface area contributed by atoms with E-state index in [-0.39, 0.29) is 0 Å². The Morgan fingerprint density at radius 2 is 2.44 bits per heavy atom. The Balaban J connectivity index is 1.89. The normalized spacial score (nSPS) is 27.8. The Bertz CT molecular complexity index is 437. The van der Waals surface area contributed by atoms with Gasteiger partial charge in [0, 0.05) is 31.9 Å². The van der Waals surface area contributed by atoms with Crippen molar-refractivity contribution < 1.29 is 0 Å². The molecule has 82 valence electrons. The summed E-state index contributed by atoms with van der Waals surface area (Å²) in [6.07, 6.45) is 2.96. The molecular weight excluding hydrogens is 200 g/mol. The monoisotopic (exact) mass is 214 g/mol. The third-order valence-electron chi connectivity index (χ3n) is 3.61. The Labute approximate surface area is 94.9 Å². The van der Waals surface area contributed by atoms with Gasteiger partial charge < -0.3 is 10.2 Å². The lowest BCUT2D eigenvalue weighted by Crippen LogP contribution is -2.34. The SMILES string of the molecule is N#Cc1ccnc(N2CC[C@H]3CNC[C@H]32)c1. The van der Waals surface area contributed by atoms with Crippen LogP contribution in [0.5, 0.6) is 0 Å². The fourth-order valence-corrected chi connectivity index (χ4v) is 2.78. The molecule has 16 heavy (non-hydrogen) atoms. The molecule has 0 amide bonds. The quantitative estimate of drug-likeness (QED) is 0.749. The summed E-state index contributed by atoms with van der Waals surface area (Å²) in [5.74, 6) is 1.71. The molecule has 1 N–H and O–H groups in total. The first-order valence-corrected chi connectivity index (χ1v) is 5.72. The minimum Gasteiger partial charge on any atom is -0.352 e. The number of nitriles is 1. The van der Waals surface area contributed by atoms with Gasteiger partial charge in [0.2, 0.25) is 0 Å². The molecule has 3 heterocycles. The van der Waals surface area contributed by atoms with Gasteiger partial charge in [-0.2, -0.15) is 5.26 Å². The molecule has 0 aromatic carbocycles. The first-order valence-electron chi connectivity index (χ1n) is 5.72. The predicted molar refractivity (Wildman–Crippen MR) is 61.1 cm³/mol. The summed E-state index contributed by atoms with van der Waals surface area (Å²) in [5, 5.41) is 12.3. The van der Waals surface area contributed by atoms with Crippen LogP contribution in [0.4, 0.5) is 5.82 Å². The van der Waals surface area contributed by atoms with Crippen molar-refractivity contribution in [2.24, 2.45) is 5.92 Å². The number of pyridine rings is 1. The molecule has 2 saturated heterocycles. The lowest BCUT2D eigenvalue weighted by Gasteiger charge is -2.24. The van der Waals surface area contributed by atoms with Gasteiger partial charge in [-0.1, -0.05) is 0 Å². The molecule has 0 radical (unpaired) electrons. The second kappa shape index (κ2) is 3.76. The largest absolute Gasteiger partial charge is 0.352 e. The fraction of sp³-hybridized carbons (Fsp3) is 0.500. The standard InChI is InChI=1S/C12H14N4/c13-6-9-1-3-15-12(5-9)16-4-2-10-7-14-8-11(10)16/h1,3,5,10-11,14H,2,4,7-8H2/t10-,11+/m0/s1. The summed E-state index contributed by atoms with van der Waals surface area (Å²) in [5.41, 5.74) is 0.694. The van der Waals surface area contributed by atoms with Crippen LogP contribution >= 0.6 is 0 Å². The topological polar surface area (TPSA) is 52.0 Å². The van der Waals surface area contributed by atoms with Gasteiger partial charge in [0.25, 0.3) is 0 Å². The minimum absolute atomic E-state index is 0.571. The molecule has 2 atom stereocenters. The van der Waals surface area contributed by atoms with E-state index in [0.29, 0.717) is 11.6 Å². The third-order valence-corrected chi connectivity index (χ3v) is 3.61. The molecule has 2 fully saturated rings. The van der Waals surface area contributed by atoms with Gasteiger partial charge in [-0.3, -0.25) is 0 Å². The summed E-state index contributed by atoms with van der Waals surface area (Å²) < 4.78 is 0. The molecule has 2 aliphatic rings. The molecule has 2 aliphatic heterocycles. The van der Waals surface area contributed by atoms with E-state index in [9.17, 15) is 0 Å². The van der Waals surface area contributed by atoms with E-state index in [2.05, 4.69) is 21.3 Å². The number of nitrogens with zero attached hydrogens (tertiary/aromatic N) is 3. The molecule has 0 spiro atoms. The average molecular weight is 214 g/mol. The van der Waals surface area contributed by atoms with Crippen molar-refractivity contribution in [2.75, 3.05) is 24.5 Å². The van der Waals surface area contributed by atoms with Crippen LogP contribution in [0, 0.1) is 17.2 Å². The Morgan fingerprint density at radius 1 is 1.50 bits per heavy atom. The predicted octanol–water partition coefficient (Wildman–Crippen LogP) is 0.751. The van der Waals surface area contributed by atoms with E-state index in [1.54, 1.807) is 12.3 Å². The second-order valence-electron chi connectivity index (χ2n) is 4.48. The van der Waals surface area contributed by atoms with Gasteiger partial charge in [0.05, 0.1) is 11.6 Å². The maximum absolute atomic E-state index is 8.88. The number of aromatic nitrogens is 1. The van der Waals surface area contributed by atoms with Crippen molar-refractivity contribution in [3.8, 4) is 6.07 Å². The zero-order valence-electron chi connectivity index (χ0n) is 9.06. The molecule has 1 aromatic heterocycles. The first kappa shape index (κ1) is 9.61. The van der Waals surface area contributed by atoms with Crippen molar-refractivity contribution in [3.05, 3.63) is 23.9 Å². The Morgan fingerprint density at radius 3 is 3.31 bits per heavy atom. The van der Waals surface area contributed by atoms with E-state index in [1.807, 2.05) is 6.07 Å². The number of hydrogen-bond donors (Lipinski definition) is 1. The average Bonchev–Trinajstić information content (AvgIpc) is 2.90. The highest BCUT2D eigenvalue weighted by Gasteiger charge is 2.37. The maximum atomic E-state index is 8.88. The number of rotatable bonds is 1. The lowest BCUT2D eigenvalue weighted by molar-refractivity contribution is 0.577.